The molecule has 0 aromatic carbocycles. The van der Waals surface area contributed by atoms with Crippen molar-refractivity contribution in [2.75, 3.05) is 0 Å². The minimum Gasteiger partial charge on any atom is -0.303 e. The van der Waals surface area contributed by atoms with Gasteiger partial charge in [-0.15, -0.1) is 0 Å². The first-order valence-electron chi connectivity index (χ1n) is 4.99. The Hall–Kier alpha value is -0.250. The number of hydrogen-bond acceptors (Lipinski definition) is 1. The zero-order valence-electron chi connectivity index (χ0n) is 9.44. The molecule has 14 heavy (non-hydrogen) atoms. The summed E-state index contributed by atoms with van der Waals surface area (Å²) < 4.78 is 37.6. The molecule has 86 valence electrons. The molecule has 0 radical (unpaired) electrons. The van der Waals surface area contributed by atoms with Crippen LogP contribution in [-0.4, -0.2) is 18.3 Å². The zero-order chi connectivity index (χ0) is 11.5. The second kappa shape index (κ2) is 5.01. The quantitative estimate of drug-likeness (QED) is 0.753. The van der Waals surface area contributed by atoms with Crippen molar-refractivity contribution < 1.29 is 13.2 Å². The number of halogens is 3. The SMILES string of the molecule is CC(C)[C@@H](N[C@H](C)C(C)C)C(F)(F)F. The normalized spacial score (nSPS) is 17.6. The van der Waals surface area contributed by atoms with E-state index in [2.05, 4.69) is 5.32 Å². The Bertz CT molecular complexity index is 163. The van der Waals surface area contributed by atoms with Gasteiger partial charge in [0.15, 0.2) is 0 Å². The van der Waals surface area contributed by atoms with Crippen LogP contribution in [-0.2, 0) is 0 Å². The molecule has 0 aromatic rings. The fraction of sp³-hybridized carbons (Fsp3) is 1.00. The highest BCUT2D eigenvalue weighted by molar-refractivity contribution is 4.81. The van der Waals surface area contributed by atoms with E-state index in [0.29, 0.717) is 0 Å². The van der Waals surface area contributed by atoms with E-state index in [-0.39, 0.29) is 12.0 Å². The Labute approximate surface area is 84.1 Å². The lowest BCUT2D eigenvalue weighted by atomic mass is 9.99. The van der Waals surface area contributed by atoms with E-state index < -0.39 is 18.1 Å². The summed E-state index contributed by atoms with van der Waals surface area (Å²) in [5.41, 5.74) is 0. The summed E-state index contributed by atoms with van der Waals surface area (Å²) in [5.74, 6) is -0.227. The third-order valence-corrected chi connectivity index (χ3v) is 2.46. The van der Waals surface area contributed by atoms with Crippen LogP contribution in [0.15, 0.2) is 0 Å². The van der Waals surface area contributed by atoms with E-state index in [4.69, 9.17) is 0 Å². The third-order valence-electron chi connectivity index (χ3n) is 2.46. The minimum atomic E-state index is -4.16. The largest absolute Gasteiger partial charge is 0.404 e. The maximum absolute atomic E-state index is 12.5. The van der Waals surface area contributed by atoms with Gasteiger partial charge in [-0.25, -0.2) is 0 Å². The number of rotatable bonds is 4. The maximum atomic E-state index is 12.5. The van der Waals surface area contributed by atoms with Crippen molar-refractivity contribution in [1.29, 1.82) is 0 Å². The van der Waals surface area contributed by atoms with E-state index in [9.17, 15) is 13.2 Å². The van der Waals surface area contributed by atoms with Crippen LogP contribution in [0, 0.1) is 11.8 Å². The van der Waals surface area contributed by atoms with Gasteiger partial charge in [0.2, 0.25) is 0 Å². The fourth-order valence-electron chi connectivity index (χ4n) is 1.14. The lowest BCUT2D eigenvalue weighted by molar-refractivity contribution is -0.167. The van der Waals surface area contributed by atoms with E-state index >= 15 is 0 Å². The van der Waals surface area contributed by atoms with Gasteiger partial charge in [0, 0.05) is 6.04 Å². The van der Waals surface area contributed by atoms with Crippen LogP contribution in [0.5, 0.6) is 0 Å². The van der Waals surface area contributed by atoms with Crippen LogP contribution >= 0.6 is 0 Å². The van der Waals surface area contributed by atoms with Crippen molar-refractivity contribution in [3.8, 4) is 0 Å². The van der Waals surface area contributed by atoms with Crippen LogP contribution in [0.2, 0.25) is 0 Å². The average molecular weight is 211 g/mol. The highest BCUT2D eigenvalue weighted by Gasteiger charge is 2.42. The number of alkyl halides is 3. The summed E-state index contributed by atoms with van der Waals surface area (Å²) in [6.45, 7) is 8.76. The number of hydrogen-bond donors (Lipinski definition) is 1. The molecule has 0 rings (SSSR count). The van der Waals surface area contributed by atoms with Gasteiger partial charge >= 0.3 is 6.18 Å². The summed E-state index contributed by atoms with van der Waals surface area (Å²) in [7, 11) is 0. The van der Waals surface area contributed by atoms with Crippen molar-refractivity contribution in [1.82, 2.24) is 5.32 Å². The van der Waals surface area contributed by atoms with Crippen LogP contribution < -0.4 is 5.32 Å². The molecule has 0 aliphatic heterocycles. The van der Waals surface area contributed by atoms with Crippen LogP contribution in [0.4, 0.5) is 13.2 Å². The van der Waals surface area contributed by atoms with Gasteiger partial charge in [0.25, 0.3) is 0 Å². The van der Waals surface area contributed by atoms with Crippen molar-refractivity contribution in [2.45, 2.75) is 52.9 Å². The van der Waals surface area contributed by atoms with Gasteiger partial charge in [0.05, 0.1) is 0 Å². The Kier molecular flexibility index (Phi) is 4.92. The second-order valence-corrected chi connectivity index (χ2v) is 4.46. The Morgan fingerprint density at radius 1 is 0.857 bits per heavy atom. The molecule has 0 fully saturated rings. The molecule has 1 N–H and O–H groups in total. The van der Waals surface area contributed by atoms with Gasteiger partial charge in [-0.1, -0.05) is 27.7 Å². The molecule has 0 spiro atoms. The van der Waals surface area contributed by atoms with Gasteiger partial charge in [0.1, 0.15) is 6.04 Å². The van der Waals surface area contributed by atoms with Crippen molar-refractivity contribution in [3.63, 3.8) is 0 Å². The first-order valence-corrected chi connectivity index (χ1v) is 4.99. The lowest BCUT2D eigenvalue weighted by Crippen LogP contribution is -2.50. The summed E-state index contributed by atoms with van der Waals surface area (Å²) >= 11 is 0. The first kappa shape index (κ1) is 13.8. The average Bonchev–Trinajstić information content (AvgIpc) is 1.96. The van der Waals surface area contributed by atoms with E-state index in [1.807, 2.05) is 13.8 Å². The predicted molar refractivity (Wildman–Crippen MR) is 52.1 cm³/mol. The molecule has 0 amide bonds. The topological polar surface area (TPSA) is 12.0 Å². The Morgan fingerprint density at radius 3 is 1.50 bits per heavy atom. The van der Waals surface area contributed by atoms with E-state index in [1.165, 1.54) is 0 Å². The van der Waals surface area contributed by atoms with E-state index in [0.717, 1.165) is 0 Å². The summed E-state index contributed by atoms with van der Waals surface area (Å²) in [4.78, 5) is 0. The Balaban J connectivity index is 4.40. The van der Waals surface area contributed by atoms with Gasteiger partial charge in [-0.05, 0) is 18.8 Å². The van der Waals surface area contributed by atoms with Crippen LogP contribution in [0.3, 0.4) is 0 Å². The highest BCUT2D eigenvalue weighted by atomic mass is 19.4. The van der Waals surface area contributed by atoms with Crippen molar-refractivity contribution >= 4 is 0 Å². The molecule has 0 aromatic heterocycles. The van der Waals surface area contributed by atoms with Gasteiger partial charge < -0.3 is 5.32 Å². The fourth-order valence-corrected chi connectivity index (χ4v) is 1.14. The summed E-state index contributed by atoms with van der Waals surface area (Å²) in [6, 6.07) is -1.52. The van der Waals surface area contributed by atoms with Crippen LogP contribution in [0.25, 0.3) is 0 Å². The third kappa shape index (κ3) is 4.31. The van der Waals surface area contributed by atoms with E-state index in [1.54, 1.807) is 20.8 Å². The smallest absolute Gasteiger partial charge is 0.303 e. The highest BCUT2D eigenvalue weighted by Crippen LogP contribution is 2.26. The van der Waals surface area contributed by atoms with Crippen molar-refractivity contribution in [2.24, 2.45) is 11.8 Å². The Morgan fingerprint density at radius 2 is 1.29 bits per heavy atom. The summed E-state index contributed by atoms with van der Waals surface area (Å²) in [6.07, 6.45) is -4.16. The molecule has 0 aliphatic rings. The molecular weight excluding hydrogens is 191 g/mol. The second-order valence-electron chi connectivity index (χ2n) is 4.46. The molecule has 2 atom stereocenters. The van der Waals surface area contributed by atoms with Crippen molar-refractivity contribution in [3.05, 3.63) is 0 Å². The van der Waals surface area contributed by atoms with Crippen LogP contribution in [0.1, 0.15) is 34.6 Å². The molecule has 0 saturated heterocycles. The summed E-state index contributed by atoms with van der Waals surface area (Å²) in [5, 5.41) is 2.63. The minimum absolute atomic E-state index is 0.121. The maximum Gasteiger partial charge on any atom is 0.404 e. The molecule has 0 aliphatic carbocycles. The molecule has 0 bridgehead atoms. The number of nitrogens with one attached hydrogen (secondary N) is 1. The molecule has 0 heterocycles. The molecular formula is C10H20F3N. The predicted octanol–water partition coefficient (Wildman–Crippen LogP) is 3.21. The molecule has 0 unspecified atom stereocenters. The van der Waals surface area contributed by atoms with Gasteiger partial charge in [-0.2, -0.15) is 13.2 Å². The standard InChI is InChI=1S/C10H20F3N/c1-6(2)8(5)14-9(7(3)4)10(11,12)13/h6-9,14H,1-5H3/t8-,9-/m1/s1. The lowest BCUT2D eigenvalue weighted by Gasteiger charge is -2.30. The monoisotopic (exact) mass is 211 g/mol. The molecule has 0 saturated carbocycles. The van der Waals surface area contributed by atoms with Gasteiger partial charge in [-0.3, -0.25) is 0 Å². The zero-order valence-corrected chi connectivity index (χ0v) is 9.44. The molecule has 4 heteroatoms. The first-order chi connectivity index (χ1) is 6.16. The molecule has 1 nitrogen and oxygen atoms in total.